The number of carbonyl (C=O) groups is 1. The number of rotatable bonds is 4. The molecule has 1 unspecified atom stereocenters. The summed E-state index contributed by atoms with van der Waals surface area (Å²) in [4.78, 5) is 17.3. The van der Waals surface area contributed by atoms with Gasteiger partial charge in [-0.3, -0.25) is 9.69 Å². The molecule has 1 amide bonds. The van der Waals surface area contributed by atoms with Crippen molar-refractivity contribution in [1.29, 1.82) is 0 Å². The minimum atomic E-state index is -0.424. The van der Waals surface area contributed by atoms with Crippen molar-refractivity contribution in [2.45, 2.75) is 32.2 Å². The Morgan fingerprint density at radius 3 is 2.58 bits per heavy atom. The van der Waals surface area contributed by atoms with Crippen molar-refractivity contribution >= 4 is 11.5 Å². The molecule has 0 aromatic heterocycles. The molecule has 1 aromatic carbocycles. The van der Waals surface area contributed by atoms with Crippen molar-refractivity contribution in [3.05, 3.63) is 71.5 Å². The van der Waals surface area contributed by atoms with Gasteiger partial charge in [0.25, 0.3) is 5.91 Å². The third-order valence-electron chi connectivity index (χ3n) is 6.45. The minimum absolute atomic E-state index is 0.0887. The first-order chi connectivity index (χ1) is 15.0. The maximum Gasteiger partial charge on any atom is 0.255 e. The van der Waals surface area contributed by atoms with Crippen LogP contribution in [0.2, 0.25) is 0 Å². The van der Waals surface area contributed by atoms with E-state index in [9.17, 15) is 9.18 Å². The maximum absolute atomic E-state index is 14.3. The Bertz CT molecular complexity index is 971. The van der Waals surface area contributed by atoms with Crippen LogP contribution >= 0.6 is 0 Å². The summed E-state index contributed by atoms with van der Waals surface area (Å²) in [7, 11) is 3.45. The van der Waals surface area contributed by atoms with E-state index in [1.807, 2.05) is 25.4 Å². The number of allylic oxidation sites excluding steroid dienone is 4. The van der Waals surface area contributed by atoms with E-state index in [0.29, 0.717) is 11.6 Å². The number of ether oxygens (including phenoxy) is 1. The highest BCUT2D eigenvalue weighted by Crippen LogP contribution is 2.33. The Labute approximate surface area is 183 Å². The van der Waals surface area contributed by atoms with E-state index >= 15 is 0 Å². The number of hydrogen-bond donors (Lipinski definition) is 1. The topological polar surface area (TPSA) is 44.8 Å². The van der Waals surface area contributed by atoms with Gasteiger partial charge in [-0.05, 0) is 67.6 Å². The lowest BCUT2D eigenvalue weighted by atomic mass is 9.89. The molecule has 4 rings (SSSR count). The zero-order chi connectivity index (χ0) is 22.0. The highest BCUT2D eigenvalue weighted by molar-refractivity contribution is 5.98. The van der Waals surface area contributed by atoms with Crippen molar-refractivity contribution in [2.75, 3.05) is 27.2 Å². The summed E-state index contributed by atoms with van der Waals surface area (Å²) in [5.41, 5.74) is 3.49. The fraction of sp³-hybridized carbons (Fsp3) is 0.400. The number of hydrogen-bond acceptors (Lipinski definition) is 4. The molecule has 3 aliphatic heterocycles. The summed E-state index contributed by atoms with van der Waals surface area (Å²) < 4.78 is 19.3. The second-order valence-electron chi connectivity index (χ2n) is 8.36. The lowest BCUT2D eigenvalue weighted by molar-refractivity contribution is -0.122. The molecule has 0 aliphatic carbocycles. The SMILES string of the molecule is CNC1CCN(C2=CN3C(=O)C=C(c4ccc(OC)c(F)c4)C(C)CC=C3C=C2)CC1. The van der Waals surface area contributed by atoms with E-state index in [4.69, 9.17) is 4.74 Å². The highest BCUT2D eigenvalue weighted by Gasteiger charge is 2.26. The zero-order valence-electron chi connectivity index (χ0n) is 18.4. The molecule has 1 saturated heterocycles. The average molecular weight is 424 g/mol. The molecule has 0 saturated carbocycles. The number of benzene rings is 1. The van der Waals surface area contributed by atoms with Crippen molar-refractivity contribution in [1.82, 2.24) is 15.1 Å². The van der Waals surface area contributed by atoms with Gasteiger partial charge in [0.05, 0.1) is 12.8 Å². The summed E-state index contributed by atoms with van der Waals surface area (Å²) in [6.45, 7) is 3.99. The van der Waals surface area contributed by atoms with Gasteiger partial charge in [0, 0.05) is 37.1 Å². The number of nitrogens with one attached hydrogen (secondary N) is 1. The van der Waals surface area contributed by atoms with Crippen molar-refractivity contribution in [2.24, 2.45) is 5.92 Å². The zero-order valence-corrected chi connectivity index (χ0v) is 18.4. The van der Waals surface area contributed by atoms with E-state index in [1.165, 1.54) is 13.2 Å². The van der Waals surface area contributed by atoms with Gasteiger partial charge in [-0.25, -0.2) is 4.39 Å². The number of likely N-dealkylation sites (tertiary alicyclic amines) is 1. The van der Waals surface area contributed by atoms with E-state index in [-0.39, 0.29) is 17.6 Å². The Morgan fingerprint density at radius 1 is 1.16 bits per heavy atom. The third kappa shape index (κ3) is 4.44. The van der Waals surface area contributed by atoms with Crippen LogP contribution < -0.4 is 10.1 Å². The van der Waals surface area contributed by atoms with Crippen molar-refractivity contribution in [3.63, 3.8) is 0 Å². The van der Waals surface area contributed by atoms with Crippen LogP contribution in [-0.2, 0) is 4.79 Å². The minimum Gasteiger partial charge on any atom is -0.494 e. The monoisotopic (exact) mass is 423 g/mol. The standard InChI is InChI=1S/C25H30FN3O2/c1-17-4-6-20-7-8-21(28-12-10-19(27-2)11-13-28)16-29(20)25(30)15-22(17)18-5-9-24(31-3)23(26)14-18/h5-9,14-17,19,27H,4,10-13H2,1-3H3. The van der Waals surface area contributed by atoms with Gasteiger partial charge in [0.15, 0.2) is 11.6 Å². The van der Waals surface area contributed by atoms with Crippen molar-refractivity contribution in [3.8, 4) is 5.75 Å². The number of carbonyl (C=O) groups excluding carboxylic acids is 1. The first-order valence-electron chi connectivity index (χ1n) is 10.9. The van der Waals surface area contributed by atoms with Gasteiger partial charge >= 0.3 is 0 Å². The van der Waals surface area contributed by atoms with Gasteiger partial charge in [-0.2, -0.15) is 0 Å². The van der Waals surface area contributed by atoms with Crippen LogP contribution in [0.25, 0.3) is 5.57 Å². The Balaban J connectivity index is 1.60. The molecule has 1 atom stereocenters. The van der Waals surface area contributed by atoms with Crippen molar-refractivity contribution < 1.29 is 13.9 Å². The largest absolute Gasteiger partial charge is 0.494 e. The first-order valence-corrected chi connectivity index (χ1v) is 10.9. The predicted molar refractivity (Wildman–Crippen MR) is 121 cm³/mol. The van der Waals surface area contributed by atoms with E-state index < -0.39 is 5.82 Å². The smallest absolute Gasteiger partial charge is 0.255 e. The molecule has 3 heterocycles. The lowest BCUT2D eigenvalue weighted by Crippen LogP contribution is -2.41. The van der Waals surface area contributed by atoms with Gasteiger partial charge in [-0.1, -0.05) is 19.1 Å². The summed E-state index contributed by atoms with van der Waals surface area (Å²) in [6.07, 6.45) is 12.7. The number of methoxy groups -OCH3 is 1. The second kappa shape index (κ2) is 9.10. The van der Waals surface area contributed by atoms with E-state index in [2.05, 4.69) is 29.3 Å². The Kier molecular flexibility index (Phi) is 6.28. The molecule has 0 radical (unpaired) electrons. The molecule has 1 N–H and O–H groups in total. The summed E-state index contributed by atoms with van der Waals surface area (Å²) >= 11 is 0. The molecule has 164 valence electrons. The molecule has 5 nitrogen and oxygen atoms in total. The summed E-state index contributed by atoms with van der Waals surface area (Å²) in [5, 5.41) is 3.35. The molecular formula is C25H30FN3O2. The number of nitrogens with zero attached hydrogens (tertiary/aromatic N) is 2. The summed E-state index contributed by atoms with van der Waals surface area (Å²) in [6, 6.07) is 5.43. The van der Waals surface area contributed by atoms with Gasteiger partial charge in [0.1, 0.15) is 0 Å². The molecule has 1 fully saturated rings. The van der Waals surface area contributed by atoms with Crippen LogP contribution in [0.3, 0.4) is 0 Å². The van der Waals surface area contributed by atoms with Crippen LogP contribution in [-0.4, -0.2) is 49.0 Å². The number of halogens is 1. The number of amides is 1. The summed E-state index contributed by atoms with van der Waals surface area (Å²) in [5.74, 6) is -0.249. The van der Waals surface area contributed by atoms with Gasteiger partial charge in [-0.15, -0.1) is 0 Å². The number of piperidine rings is 1. The predicted octanol–water partition coefficient (Wildman–Crippen LogP) is 4.07. The first kappa shape index (κ1) is 21.4. The molecule has 3 aliphatic rings. The molecule has 1 aromatic rings. The highest BCUT2D eigenvalue weighted by atomic mass is 19.1. The molecule has 6 heteroatoms. The van der Waals surface area contributed by atoms with Crippen LogP contribution in [0.1, 0.15) is 31.7 Å². The Morgan fingerprint density at radius 2 is 1.90 bits per heavy atom. The second-order valence-corrected chi connectivity index (χ2v) is 8.36. The Hall–Kier alpha value is -2.86. The van der Waals surface area contributed by atoms with Gasteiger partial charge < -0.3 is 15.0 Å². The maximum atomic E-state index is 14.3. The van der Waals surface area contributed by atoms with Gasteiger partial charge in [0.2, 0.25) is 0 Å². The number of fused-ring (bicyclic) bond motifs is 1. The molecule has 0 bridgehead atoms. The quantitative estimate of drug-likeness (QED) is 0.793. The van der Waals surface area contributed by atoms with Crippen LogP contribution in [0.5, 0.6) is 5.75 Å². The third-order valence-corrected chi connectivity index (χ3v) is 6.45. The lowest BCUT2D eigenvalue weighted by Gasteiger charge is -2.36. The van der Waals surface area contributed by atoms with E-state index in [1.54, 1.807) is 17.0 Å². The fourth-order valence-corrected chi connectivity index (χ4v) is 4.45. The van der Waals surface area contributed by atoms with Crippen LogP contribution in [0.4, 0.5) is 4.39 Å². The molecular weight excluding hydrogens is 393 g/mol. The normalized spacial score (nSPS) is 22.3. The fourth-order valence-electron chi connectivity index (χ4n) is 4.45. The van der Waals surface area contributed by atoms with E-state index in [0.717, 1.165) is 49.3 Å². The molecule has 31 heavy (non-hydrogen) atoms. The van der Waals surface area contributed by atoms with Crippen LogP contribution in [0.15, 0.2) is 60.1 Å². The average Bonchev–Trinajstić information content (AvgIpc) is 2.80. The van der Waals surface area contributed by atoms with Crippen LogP contribution in [0, 0.1) is 11.7 Å². The molecule has 0 spiro atoms.